The predicted octanol–water partition coefficient (Wildman–Crippen LogP) is 3.97. The van der Waals surface area contributed by atoms with Crippen molar-refractivity contribution in [3.63, 3.8) is 0 Å². The van der Waals surface area contributed by atoms with Crippen LogP contribution in [0, 0.1) is 5.92 Å². The van der Waals surface area contributed by atoms with Crippen LogP contribution >= 0.6 is 0 Å². The fourth-order valence-corrected chi connectivity index (χ4v) is 7.32. The average Bonchev–Trinajstić information content (AvgIpc) is 3.26. The quantitative estimate of drug-likeness (QED) is 0.474. The minimum absolute atomic E-state index is 0.118. The standard InChI is InChI=1S/C29H40F2N4O4/c1-33-26(37)28(35(27(33)38)16-17-39-2)18-22-8-9-23(19-28)34(22)15-12-24(20-6-4-3-5-7-20)32-25(36)21-10-13-29(30,31)14-11-21/h3-7,21-24H,8-19H2,1-2H3,(H,32,36)/t22?,23?,24-,28?/m0/s1. The van der Waals surface area contributed by atoms with Gasteiger partial charge in [-0.25, -0.2) is 13.6 Å². The Kier molecular flexibility index (Phi) is 7.97. The lowest BCUT2D eigenvalue weighted by Crippen LogP contribution is -2.60. The van der Waals surface area contributed by atoms with Gasteiger partial charge in [-0.3, -0.25) is 19.4 Å². The van der Waals surface area contributed by atoms with Crippen LogP contribution in [-0.4, -0.2) is 89.9 Å². The number of piperidine rings is 1. The van der Waals surface area contributed by atoms with E-state index >= 15 is 0 Å². The second kappa shape index (κ2) is 11.1. The molecule has 0 radical (unpaired) electrons. The summed E-state index contributed by atoms with van der Waals surface area (Å²) in [7, 11) is 3.16. The zero-order valence-corrected chi connectivity index (χ0v) is 22.9. The van der Waals surface area contributed by atoms with Gasteiger partial charge in [0.15, 0.2) is 0 Å². The maximum atomic E-state index is 13.6. The molecule has 1 aromatic carbocycles. The minimum Gasteiger partial charge on any atom is -0.383 e. The number of fused-ring (bicyclic) bond motifs is 2. The highest BCUT2D eigenvalue weighted by atomic mass is 19.3. The summed E-state index contributed by atoms with van der Waals surface area (Å²) in [5.41, 5.74) is 0.180. The number of rotatable bonds is 9. The molecular formula is C29H40F2N4O4. The normalized spacial score (nSPS) is 29.8. The number of nitrogens with zero attached hydrogens (tertiary/aromatic N) is 3. The third-order valence-electron chi connectivity index (χ3n) is 9.46. The smallest absolute Gasteiger partial charge is 0.327 e. The van der Waals surface area contributed by atoms with Gasteiger partial charge in [0.2, 0.25) is 11.8 Å². The van der Waals surface area contributed by atoms with E-state index in [-0.39, 0.29) is 67.6 Å². The Balaban J connectivity index is 1.27. The molecule has 3 atom stereocenters. The van der Waals surface area contributed by atoms with Gasteiger partial charge in [0.25, 0.3) is 5.91 Å². The molecule has 1 aromatic rings. The topological polar surface area (TPSA) is 82.2 Å². The maximum absolute atomic E-state index is 13.6. The number of amides is 4. The molecule has 1 saturated carbocycles. The number of hydrogen-bond donors (Lipinski definition) is 1. The molecule has 4 aliphatic rings. The molecule has 2 bridgehead atoms. The number of halogens is 2. The van der Waals surface area contributed by atoms with Crippen LogP contribution in [0.1, 0.15) is 69.4 Å². The minimum atomic E-state index is -2.67. The number of likely N-dealkylation sites (N-methyl/N-ethyl adjacent to an activating group) is 1. The Morgan fingerprint density at radius 1 is 1.05 bits per heavy atom. The monoisotopic (exact) mass is 546 g/mol. The molecule has 39 heavy (non-hydrogen) atoms. The van der Waals surface area contributed by atoms with E-state index in [0.29, 0.717) is 32.4 Å². The molecule has 3 aliphatic heterocycles. The molecule has 1 N–H and O–H groups in total. The first-order valence-electron chi connectivity index (χ1n) is 14.2. The Labute approximate surface area is 229 Å². The van der Waals surface area contributed by atoms with Gasteiger partial charge in [0.05, 0.1) is 12.6 Å². The van der Waals surface area contributed by atoms with Crippen LogP contribution in [0.4, 0.5) is 13.6 Å². The summed E-state index contributed by atoms with van der Waals surface area (Å²) in [4.78, 5) is 44.8. The molecule has 0 aromatic heterocycles. The van der Waals surface area contributed by atoms with Crippen molar-refractivity contribution < 1.29 is 27.9 Å². The van der Waals surface area contributed by atoms with Crippen LogP contribution in [0.25, 0.3) is 0 Å². The third kappa shape index (κ3) is 5.42. The van der Waals surface area contributed by atoms with Gasteiger partial charge in [-0.1, -0.05) is 30.3 Å². The summed E-state index contributed by atoms with van der Waals surface area (Å²) >= 11 is 0. The summed E-state index contributed by atoms with van der Waals surface area (Å²) in [5, 5.41) is 3.18. The number of nitrogens with one attached hydrogen (secondary N) is 1. The summed E-state index contributed by atoms with van der Waals surface area (Å²) in [6.45, 7) is 1.51. The van der Waals surface area contributed by atoms with Crippen molar-refractivity contribution in [2.24, 2.45) is 5.92 Å². The molecule has 3 saturated heterocycles. The van der Waals surface area contributed by atoms with Crippen LogP contribution in [0.5, 0.6) is 0 Å². The average molecular weight is 547 g/mol. The van der Waals surface area contributed by atoms with E-state index in [1.54, 1.807) is 19.1 Å². The van der Waals surface area contributed by atoms with Crippen molar-refractivity contribution in [3.05, 3.63) is 35.9 Å². The number of hydrogen-bond acceptors (Lipinski definition) is 5. The molecule has 4 amide bonds. The number of alkyl halides is 2. The molecule has 1 spiro atoms. The molecule has 5 rings (SSSR count). The first-order valence-corrected chi connectivity index (χ1v) is 14.2. The molecule has 8 nitrogen and oxygen atoms in total. The number of urea groups is 1. The molecule has 4 fully saturated rings. The van der Waals surface area contributed by atoms with Crippen LogP contribution in [0.2, 0.25) is 0 Å². The number of benzene rings is 1. The second-order valence-corrected chi connectivity index (χ2v) is 11.7. The van der Waals surface area contributed by atoms with E-state index < -0.39 is 11.5 Å². The van der Waals surface area contributed by atoms with Crippen LogP contribution in [0.15, 0.2) is 30.3 Å². The number of ether oxygens (including phenoxy) is 1. The zero-order valence-electron chi connectivity index (χ0n) is 22.9. The Morgan fingerprint density at radius 3 is 2.31 bits per heavy atom. The second-order valence-electron chi connectivity index (χ2n) is 11.7. The van der Waals surface area contributed by atoms with Crippen molar-refractivity contribution in [1.29, 1.82) is 0 Å². The lowest BCUT2D eigenvalue weighted by atomic mass is 9.81. The SMILES string of the molecule is COCCN1C(=O)N(C)C(=O)C12CC1CCC(C2)N1CC[C@H](NC(=O)C1CCC(F)(F)CC1)c1ccccc1. The Hall–Kier alpha value is -2.59. The number of methoxy groups -OCH3 is 1. The van der Waals surface area contributed by atoms with E-state index in [4.69, 9.17) is 4.74 Å². The van der Waals surface area contributed by atoms with Crippen LogP contribution in [-0.2, 0) is 14.3 Å². The largest absolute Gasteiger partial charge is 0.383 e. The molecule has 1 aliphatic carbocycles. The van der Waals surface area contributed by atoms with Gasteiger partial charge in [-0.2, -0.15) is 0 Å². The lowest BCUT2D eigenvalue weighted by Gasteiger charge is -2.47. The Bertz CT molecular complexity index is 1050. The number of imide groups is 1. The van der Waals surface area contributed by atoms with Crippen molar-refractivity contribution >= 4 is 17.8 Å². The van der Waals surface area contributed by atoms with Crippen molar-refractivity contribution in [1.82, 2.24) is 20.0 Å². The van der Waals surface area contributed by atoms with Gasteiger partial charge in [-0.15, -0.1) is 0 Å². The molecule has 10 heteroatoms. The van der Waals surface area contributed by atoms with Crippen LogP contribution < -0.4 is 5.32 Å². The Morgan fingerprint density at radius 2 is 1.69 bits per heavy atom. The number of carbonyl (C=O) groups excluding carboxylic acids is 3. The summed E-state index contributed by atoms with van der Waals surface area (Å²) < 4.78 is 32.5. The van der Waals surface area contributed by atoms with Gasteiger partial charge < -0.3 is 15.0 Å². The lowest BCUT2D eigenvalue weighted by molar-refractivity contribution is -0.137. The highest BCUT2D eigenvalue weighted by molar-refractivity contribution is 6.07. The number of carbonyl (C=O) groups is 3. The fourth-order valence-electron chi connectivity index (χ4n) is 7.32. The van der Waals surface area contributed by atoms with Gasteiger partial charge in [-0.05, 0) is 50.5 Å². The van der Waals surface area contributed by atoms with E-state index in [1.165, 1.54) is 4.90 Å². The maximum Gasteiger partial charge on any atom is 0.327 e. The third-order valence-corrected chi connectivity index (χ3v) is 9.46. The van der Waals surface area contributed by atoms with Crippen molar-refractivity contribution in [2.75, 3.05) is 33.9 Å². The molecule has 2 unspecified atom stereocenters. The highest BCUT2D eigenvalue weighted by Gasteiger charge is 2.61. The van der Waals surface area contributed by atoms with E-state index in [1.807, 2.05) is 30.3 Å². The first-order chi connectivity index (χ1) is 18.6. The van der Waals surface area contributed by atoms with Gasteiger partial charge in [0, 0.05) is 58.1 Å². The summed E-state index contributed by atoms with van der Waals surface area (Å²) in [5.74, 6) is -3.32. The van der Waals surface area contributed by atoms with Crippen molar-refractivity contribution in [3.8, 4) is 0 Å². The van der Waals surface area contributed by atoms with Gasteiger partial charge in [0.1, 0.15) is 5.54 Å². The van der Waals surface area contributed by atoms with Crippen LogP contribution in [0.3, 0.4) is 0 Å². The molecule has 214 valence electrons. The van der Waals surface area contributed by atoms with Gasteiger partial charge >= 0.3 is 6.03 Å². The molecule has 3 heterocycles. The first kappa shape index (κ1) is 28.0. The summed E-state index contributed by atoms with van der Waals surface area (Å²) in [6, 6.07) is 9.66. The highest BCUT2D eigenvalue weighted by Crippen LogP contribution is 2.47. The molecular weight excluding hydrogens is 506 g/mol. The zero-order chi connectivity index (χ0) is 27.8. The van der Waals surface area contributed by atoms with E-state index in [9.17, 15) is 23.2 Å². The van der Waals surface area contributed by atoms with Crippen molar-refractivity contribution in [2.45, 2.75) is 87.4 Å². The predicted molar refractivity (Wildman–Crippen MR) is 141 cm³/mol. The summed E-state index contributed by atoms with van der Waals surface area (Å²) in [6.07, 6.45) is 3.75. The fraction of sp³-hybridized carbons (Fsp3) is 0.690. The van der Waals surface area contributed by atoms with E-state index in [2.05, 4.69) is 10.2 Å². The van der Waals surface area contributed by atoms with E-state index in [0.717, 1.165) is 24.9 Å².